The van der Waals surface area contributed by atoms with Crippen LogP contribution < -0.4 is 4.90 Å². The highest BCUT2D eigenvalue weighted by Gasteiger charge is 2.31. The van der Waals surface area contributed by atoms with Gasteiger partial charge in [0.15, 0.2) is 0 Å². The first-order valence-electron chi connectivity index (χ1n) is 5.55. The Morgan fingerprint density at radius 1 is 1.35 bits per heavy atom. The van der Waals surface area contributed by atoms with E-state index in [1.807, 2.05) is 35.4 Å². The zero-order valence-corrected chi connectivity index (χ0v) is 10.7. The zero-order chi connectivity index (χ0) is 11.8. The Kier molecular flexibility index (Phi) is 2.59. The molecule has 4 heteroatoms. The maximum Gasteiger partial charge on any atom is 0.240 e. The lowest BCUT2D eigenvalue weighted by atomic mass is 10.1. The fourth-order valence-electron chi connectivity index (χ4n) is 2.23. The third-order valence-corrected chi connectivity index (χ3v) is 3.94. The monoisotopic (exact) mass is 290 g/mol. The Morgan fingerprint density at radius 2 is 2.24 bits per heavy atom. The van der Waals surface area contributed by atoms with Crippen molar-refractivity contribution in [1.29, 1.82) is 0 Å². The highest BCUT2D eigenvalue weighted by Crippen LogP contribution is 2.31. The lowest BCUT2D eigenvalue weighted by molar-refractivity contribution is -0.116. The molecule has 2 aromatic rings. The first kappa shape index (κ1) is 10.7. The molecule has 1 fully saturated rings. The average molecular weight is 291 g/mol. The number of fused-ring (bicyclic) bond motifs is 1. The number of anilines is 1. The molecule has 3 rings (SSSR count). The first-order chi connectivity index (χ1) is 8.27. The number of pyridine rings is 1. The first-order valence-corrected chi connectivity index (χ1v) is 6.47. The summed E-state index contributed by atoms with van der Waals surface area (Å²) in [6.45, 7) is 0.774. The van der Waals surface area contributed by atoms with E-state index in [2.05, 4.69) is 20.9 Å². The minimum Gasteiger partial charge on any atom is -0.311 e. The SMILES string of the molecule is O=C1C(Br)CCN1c1cccc2cnccc12. The van der Waals surface area contributed by atoms with Crippen LogP contribution in [0, 0.1) is 0 Å². The average Bonchev–Trinajstić information content (AvgIpc) is 2.69. The van der Waals surface area contributed by atoms with Crippen molar-refractivity contribution < 1.29 is 4.79 Å². The van der Waals surface area contributed by atoms with Crippen LogP contribution in [0.25, 0.3) is 10.8 Å². The Balaban J connectivity index is 2.15. The lowest BCUT2D eigenvalue weighted by Crippen LogP contribution is -2.27. The number of alkyl halides is 1. The van der Waals surface area contributed by atoms with Gasteiger partial charge in [0, 0.05) is 29.7 Å². The molecule has 86 valence electrons. The molecule has 3 nitrogen and oxygen atoms in total. The molecule has 17 heavy (non-hydrogen) atoms. The van der Waals surface area contributed by atoms with Crippen LogP contribution in [0.5, 0.6) is 0 Å². The molecule has 0 spiro atoms. The quantitative estimate of drug-likeness (QED) is 0.757. The number of amides is 1. The second kappa shape index (κ2) is 4.11. The van der Waals surface area contributed by atoms with E-state index in [0.29, 0.717) is 0 Å². The third-order valence-electron chi connectivity index (χ3n) is 3.09. The topological polar surface area (TPSA) is 33.2 Å². The van der Waals surface area contributed by atoms with E-state index >= 15 is 0 Å². The van der Waals surface area contributed by atoms with Crippen LogP contribution in [0.1, 0.15) is 6.42 Å². The van der Waals surface area contributed by atoms with Gasteiger partial charge in [0.1, 0.15) is 0 Å². The van der Waals surface area contributed by atoms with E-state index in [1.165, 1.54) is 0 Å². The molecule has 1 aromatic heterocycles. The maximum atomic E-state index is 12.0. The van der Waals surface area contributed by atoms with Crippen LogP contribution in [-0.2, 0) is 4.79 Å². The molecule has 0 aliphatic carbocycles. The van der Waals surface area contributed by atoms with Gasteiger partial charge in [0.05, 0.1) is 10.5 Å². The molecule has 1 saturated heterocycles. The highest BCUT2D eigenvalue weighted by atomic mass is 79.9. The van der Waals surface area contributed by atoms with Gasteiger partial charge in [-0.25, -0.2) is 0 Å². The number of hydrogen-bond acceptors (Lipinski definition) is 2. The summed E-state index contributed by atoms with van der Waals surface area (Å²) >= 11 is 3.40. The van der Waals surface area contributed by atoms with Gasteiger partial charge in [-0.2, -0.15) is 0 Å². The zero-order valence-electron chi connectivity index (χ0n) is 9.14. The molecule has 0 bridgehead atoms. The molecule has 1 unspecified atom stereocenters. The summed E-state index contributed by atoms with van der Waals surface area (Å²) in [5.74, 6) is 0.148. The molecular weight excluding hydrogens is 280 g/mol. The summed E-state index contributed by atoms with van der Waals surface area (Å²) in [6, 6.07) is 7.93. The van der Waals surface area contributed by atoms with Gasteiger partial charge >= 0.3 is 0 Å². The minimum atomic E-state index is -0.0420. The third kappa shape index (κ3) is 1.72. The van der Waals surface area contributed by atoms with E-state index in [1.54, 1.807) is 6.20 Å². The number of carbonyl (C=O) groups is 1. The van der Waals surface area contributed by atoms with Crippen molar-refractivity contribution in [2.75, 3.05) is 11.4 Å². The normalized spacial score (nSPS) is 20.2. The van der Waals surface area contributed by atoms with Crippen molar-refractivity contribution in [2.24, 2.45) is 0 Å². The van der Waals surface area contributed by atoms with Crippen molar-refractivity contribution in [3.8, 4) is 0 Å². The standard InChI is InChI=1S/C13H11BrN2O/c14-11-5-7-16(13(11)17)12-3-1-2-9-8-15-6-4-10(9)12/h1-4,6,8,11H,5,7H2. The van der Waals surface area contributed by atoms with Crippen molar-refractivity contribution >= 4 is 38.3 Å². The predicted molar refractivity (Wildman–Crippen MR) is 71.4 cm³/mol. The van der Waals surface area contributed by atoms with E-state index < -0.39 is 0 Å². The number of aromatic nitrogens is 1. The molecule has 1 aliphatic rings. The molecule has 1 atom stereocenters. The predicted octanol–water partition coefficient (Wildman–Crippen LogP) is 2.74. The van der Waals surface area contributed by atoms with Crippen LogP contribution in [0.4, 0.5) is 5.69 Å². The van der Waals surface area contributed by atoms with E-state index in [4.69, 9.17) is 0 Å². The van der Waals surface area contributed by atoms with Crippen LogP contribution in [0.3, 0.4) is 0 Å². The molecule has 2 heterocycles. The molecule has 0 radical (unpaired) electrons. The van der Waals surface area contributed by atoms with Crippen LogP contribution in [0.15, 0.2) is 36.7 Å². The minimum absolute atomic E-state index is 0.0420. The van der Waals surface area contributed by atoms with Crippen molar-refractivity contribution in [1.82, 2.24) is 4.98 Å². The fourth-order valence-corrected chi connectivity index (χ4v) is 2.68. The van der Waals surface area contributed by atoms with Crippen molar-refractivity contribution in [3.63, 3.8) is 0 Å². The lowest BCUT2D eigenvalue weighted by Gasteiger charge is -2.18. The largest absolute Gasteiger partial charge is 0.311 e. The van der Waals surface area contributed by atoms with Gasteiger partial charge in [-0.15, -0.1) is 0 Å². The molecule has 1 amide bonds. The van der Waals surface area contributed by atoms with Gasteiger partial charge in [-0.3, -0.25) is 9.78 Å². The fraction of sp³-hybridized carbons (Fsp3) is 0.231. The molecule has 1 aromatic carbocycles. The number of halogens is 1. The summed E-state index contributed by atoms with van der Waals surface area (Å²) < 4.78 is 0. The smallest absolute Gasteiger partial charge is 0.240 e. The second-order valence-corrected chi connectivity index (χ2v) is 5.23. The summed E-state index contributed by atoms with van der Waals surface area (Å²) in [7, 11) is 0. The second-order valence-electron chi connectivity index (χ2n) is 4.12. The van der Waals surface area contributed by atoms with Gasteiger partial charge in [-0.1, -0.05) is 28.1 Å². The summed E-state index contributed by atoms with van der Waals surface area (Å²) in [6.07, 6.45) is 4.45. The Morgan fingerprint density at radius 3 is 3.00 bits per heavy atom. The van der Waals surface area contributed by atoms with Crippen LogP contribution >= 0.6 is 15.9 Å². The number of benzene rings is 1. The Hall–Kier alpha value is -1.42. The number of nitrogens with zero attached hydrogens (tertiary/aromatic N) is 2. The Bertz CT molecular complexity index is 579. The summed E-state index contributed by atoms with van der Waals surface area (Å²) in [5.41, 5.74) is 0.983. The molecular formula is C13H11BrN2O. The Labute approximate surface area is 108 Å². The van der Waals surface area contributed by atoms with Gasteiger partial charge < -0.3 is 4.90 Å². The summed E-state index contributed by atoms with van der Waals surface area (Å²) in [5, 5.41) is 2.15. The van der Waals surface area contributed by atoms with Gasteiger partial charge in [0.2, 0.25) is 5.91 Å². The van der Waals surface area contributed by atoms with E-state index in [-0.39, 0.29) is 10.7 Å². The highest BCUT2D eigenvalue weighted by molar-refractivity contribution is 9.10. The number of rotatable bonds is 1. The van der Waals surface area contributed by atoms with Gasteiger partial charge in [-0.05, 0) is 18.6 Å². The summed E-state index contributed by atoms with van der Waals surface area (Å²) in [4.78, 5) is 17.9. The number of carbonyl (C=O) groups excluding carboxylic acids is 1. The number of hydrogen-bond donors (Lipinski definition) is 0. The molecule has 1 aliphatic heterocycles. The van der Waals surface area contributed by atoms with Crippen molar-refractivity contribution in [2.45, 2.75) is 11.2 Å². The maximum absolute atomic E-state index is 12.0. The van der Waals surface area contributed by atoms with E-state index in [9.17, 15) is 4.79 Å². The molecule has 0 N–H and O–H groups in total. The van der Waals surface area contributed by atoms with E-state index in [0.717, 1.165) is 29.4 Å². The van der Waals surface area contributed by atoms with Crippen LogP contribution in [-0.4, -0.2) is 22.3 Å². The van der Waals surface area contributed by atoms with Gasteiger partial charge in [0.25, 0.3) is 0 Å². The van der Waals surface area contributed by atoms with Crippen LogP contribution in [0.2, 0.25) is 0 Å². The van der Waals surface area contributed by atoms with Crippen molar-refractivity contribution in [3.05, 3.63) is 36.7 Å². The molecule has 0 saturated carbocycles.